The largest absolute Gasteiger partial charge is 0.465 e. The van der Waals surface area contributed by atoms with Gasteiger partial charge in [0.2, 0.25) is 0 Å². The van der Waals surface area contributed by atoms with Crippen molar-refractivity contribution >= 4 is 17.5 Å². The van der Waals surface area contributed by atoms with E-state index in [4.69, 9.17) is 0 Å². The van der Waals surface area contributed by atoms with Crippen LogP contribution in [-0.2, 0) is 14.3 Å². The monoisotopic (exact) mass is 246 g/mol. The number of carbonyl (C=O) groups excluding carboxylic acids is 3. The van der Waals surface area contributed by atoms with Gasteiger partial charge in [0, 0.05) is 12.8 Å². The van der Waals surface area contributed by atoms with Crippen molar-refractivity contribution in [1.82, 2.24) is 0 Å². The van der Waals surface area contributed by atoms with Gasteiger partial charge in [-0.15, -0.1) is 0 Å². The summed E-state index contributed by atoms with van der Waals surface area (Å²) in [5.74, 6) is -1.29. The Hall–Kier alpha value is -1.97. The topological polar surface area (TPSA) is 60.4 Å². The minimum atomic E-state index is -0.705. The highest BCUT2D eigenvalue weighted by atomic mass is 16.5. The van der Waals surface area contributed by atoms with E-state index in [1.54, 1.807) is 24.3 Å². The zero-order valence-electron chi connectivity index (χ0n) is 10.1. The van der Waals surface area contributed by atoms with Crippen molar-refractivity contribution < 1.29 is 19.1 Å². The zero-order valence-corrected chi connectivity index (χ0v) is 10.1. The molecule has 0 amide bonds. The van der Waals surface area contributed by atoms with E-state index in [0.29, 0.717) is 30.4 Å². The third kappa shape index (κ3) is 2.32. The van der Waals surface area contributed by atoms with Crippen LogP contribution in [0, 0.1) is 0 Å². The van der Waals surface area contributed by atoms with Crippen LogP contribution < -0.4 is 0 Å². The van der Waals surface area contributed by atoms with Crippen LogP contribution >= 0.6 is 0 Å². The van der Waals surface area contributed by atoms with Crippen molar-refractivity contribution in [3.05, 3.63) is 35.4 Å². The molecule has 94 valence electrons. The second kappa shape index (κ2) is 5.12. The molecule has 18 heavy (non-hydrogen) atoms. The van der Waals surface area contributed by atoms with E-state index in [2.05, 4.69) is 4.74 Å². The average Bonchev–Trinajstić information content (AvgIpc) is 2.38. The first kappa shape index (κ1) is 12.5. The van der Waals surface area contributed by atoms with E-state index in [9.17, 15) is 14.4 Å². The number of ketones is 2. The van der Waals surface area contributed by atoms with Crippen LogP contribution in [0.5, 0.6) is 0 Å². The molecule has 0 aliphatic heterocycles. The highest BCUT2D eigenvalue weighted by molar-refractivity contribution is 6.09. The number of hydrogen-bond acceptors (Lipinski definition) is 4. The molecule has 0 radical (unpaired) electrons. The fraction of sp³-hybridized carbons (Fsp3) is 0.357. The number of Topliss-reactive ketones (excluding diaryl/α,β-unsaturated/α-hetero) is 2. The number of hydrogen-bond donors (Lipinski definition) is 0. The summed E-state index contributed by atoms with van der Waals surface area (Å²) < 4.78 is 4.62. The molecule has 0 unspecified atom stereocenters. The summed E-state index contributed by atoms with van der Waals surface area (Å²) in [5.41, 5.74) is 0.953. The summed E-state index contributed by atoms with van der Waals surface area (Å²) in [5, 5.41) is 0. The molecule has 4 heteroatoms. The highest BCUT2D eigenvalue weighted by Gasteiger charge is 2.31. The van der Waals surface area contributed by atoms with Gasteiger partial charge >= 0.3 is 5.97 Å². The van der Waals surface area contributed by atoms with Crippen LogP contribution in [0.2, 0.25) is 0 Å². The third-order valence-electron chi connectivity index (χ3n) is 3.13. The van der Waals surface area contributed by atoms with E-state index in [-0.39, 0.29) is 11.6 Å². The third-order valence-corrected chi connectivity index (χ3v) is 3.13. The van der Waals surface area contributed by atoms with Crippen molar-refractivity contribution in [1.29, 1.82) is 0 Å². The fourth-order valence-electron chi connectivity index (χ4n) is 2.24. The first-order chi connectivity index (χ1) is 8.63. The summed E-state index contributed by atoms with van der Waals surface area (Å²) in [4.78, 5) is 35.1. The van der Waals surface area contributed by atoms with E-state index >= 15 is 0 Å². The minimum absolute atomic E-state index is 0.0618. The maximum atomic E-state index is 11.8. The van der Waals surface area contributed by atoms with E-state index in [1.165, 1.54) is 7.11 Å². The molecular weight excluding hydrogens is 232 g/mol. The maximum Gasteiger partial charge on any atom is 0.337 e. The first-order valence-corrected chi connectivity index (χ1v) is 5.87. The number of methoxy groups -OCH3 is 1. The molecule has 1 aliphatic carbocycles. The van der Waals surface area contributed by atoms with Gasteiger partial charge in [-0.2, -0.15) is 0 Å². The average molecular weight is 246 g/mol. The van der Waals surface area contributed by atoms with Gasteiger partial charge in [-0.25, -0.2) is 4.79 Å². The van der Waals surface area contributed by atoms with E-state index in [1.807, 2.05) is 0 Å². The molecule has 1 saturated carbocycles. The van der Waals surface area contributed by atoms with E-state index < -0.39 is 11.9 Å². The molecule has 2 rings (SSSR count). The maximum absolute atomic E-state index is 11.8. The summed E-state index contributed by atoms with van der Waals surface area (Å²) in [6, 6.07) is 6.54. The molecule has 0 atom stereocenters. The lowest BCUT2D eigenvalue weighted by Crippen LogP contribution is -2.26. The Morgan fingerprint density at radius 1 is 1.22 bits per heavy atom. The SMILES string of the molecule is COC(=O)c1cccc(C2C(=O)CCCC2=O)c1. The molecule has 0 saturated heterocycles. The molecular formula is C14H14O4. The van der Waals surface area contributed by atoms with Crippen molar-refractivity contribution in [3.8, 4) is 0 Å². The van der Waals surface area contributed by atoms with Gasteiger partial charge in [0.25, 0.3) is 0 Å². The Labute approximate surface area is 105 Å². The summed E-state index contributed by atoms with van der Waals surface area (Å²) in [7, 11) is 1.30. The number of rotatable bonds is 2. The molecule has 4 nitrogen and oxygen atoms in total. The number of ether oxygens (including phenoxy) is 1. The second-order valence-corrected chi connectivity index (χ2v) is 4.34. The van der Waals surface area contributed by atoms with Crippen LogP contribution in [0.1, 0.15) is 41.1 Å². The quantitative estimate of drug-likeness (QED) is 0.590. The smallest absolute Gasteiger partial charge is 0.337 e. The minimum Gasteiger partial charge on any atom is -0.465 e. The molecule has 0 heterocycles. The molecule has 1 aromatic carbocycles. The van der Waals surface area contributed by atoms with Crippen LogP contribution in [0.3, 0.4) is 0 Å². The van der Waals surface area contributed by atoms with Gasteiger partial charge in [-0.3, -0.25) is 9.59 Å². The lowest BCUT2D eigenvalue weighted by molar-refractivity contribution is -0.131. The molecule has 0 N–H and O–H groups in total. The number of benzene rings is 1. The Bertz CT molecular complexity index is 488. The van der Waals surface area contributed by atoms with Gasteiger partial charge in [-0.05, 0) is 24.1 Å². The predicted octanol–water partition coefficient (Wildman–Crippen LogP) is 1.88. The number of esters is 1. The Morgan fingerprint density at radius 3 is 2.50 bits per heavy atom. The Morgan fingerprint density at radius 2 is 1.89 bits per heavy atom. The molecule has 1 aromatic rings. The summed E-state index contributed by atoms with van der Waals surface area (Å²) >= 11 is 0. The van der Waals surface area contributed by atoms with Crippen LogP contribution in [0.15, 0.2) is 24.3 Å². The number of carbonyl (C=O) groups is 3. The molecule has 0 spiro atoms. The lowest BCUT2D eigenvalue weighted by Gasteiger charge is -2.19. The molecule has 1 fully saturated rings. The Kier molecular flexibility index (Phi) is 3.55. The van der Waals surface area contributed by atoms with Gasteiger partial charge in [0.05, 0.1) is 12.7 Å². The molecule has 0 aromatic heterocycles. The molecule has 1 aliphatic rings. The second-order valence-electron chi connectivity index (χ2n) is 4.34. The molecule has 0 bridgehead atoms. The highest BCUT2D eigenvalue weighted by Crippen LogP contribution is 2.27. The first-order valence-electron chi connectivity index (χ1n) is 5.87. The van der Waals surface area contributed by atoms with Crippen molar-refractivity contribution in [2.24, 2.45) is 0 Å². The van der Waals surface area contributed by atoms with E-state index in [0.717, 1.165) is 0 Å². The summed E-state index contributed by atoms with van der Waals surface area (Å²) in [6.45, 7) is 0. The van der Waals surface area contributed by atoms with Gasteiger partial charge in [0.1, 0.15) is 17.5 Å². The van der Waals surface area contributed by atoms with Crippen molar-refractivity contribution in [2.75, 3.05) is 7.11 Å². The fourth-order valence-corrected chi connectivity index (χ4v) is 2.24. The van der Waals surface area contributed by atoms with Crippen molar-refractivity contribution in [2.45, 2.75) is 25.2 Å². The van der Waals surface area contributed by atoms with Crippen LogP contribution in [0.25, 0.3) is 0 Å². The summed E-state index contributed by atoms with van der Waals surface area (Å²) in [6.07, 6.45) is 1.49. The standard InChI is InChI=1S/C14H14O4/c1-18-14(17)10-5-2-4-9(8-10)13-11(15)6-3-7-12(13)16/h2,4-5,8,13H,3,6-7H2,1H3. The zero-order chi connectivity index (χ0) is 13.1. The van der Waals surface area contributed by atoms with Gasteiger partial charge in [0.15, 0.2) is 0 Å². The van der Waals surface area contributed by atoms with Crippen LogP contribution in [0.4, 0.5) is 0 Å². The normalized spacial score (nSPS) is 16.7. The lowest BCUT2D eigenvalue weighted by atomic mass is 9.81. The van der Waals surface area contributed by atoms with Crippen molar-refractivity contribution in [3.63, 3.8) is 0 Å². The van der Waals surface area contributed by atoms with Gasteiger partial charge < -0.3 is 4.74 Å². The Balaban J connectivity index is 2.35. The van der Waals surface area contributed by atoms with Gasteiger partial charge in [-0.1, -0.05) is 12.1 Å². The van der Waals surface area contributed by atoms with Crippen LogP contribution in [-0.4, -0.2) is 24.6 Å². The predicted molar refractivity (Wildman–Crippen MR) is 64.4 cm³/mol.